The molecule has 1 N–H and O–H groups in total. The van der Waals surface area contributed by atoms with Gasteiger partial charge in [-0.1, -0.05) is 6.07 Å². The number of carbonyl (C=O) groups excluding carboxylic acids is 1. The van der Waals surface area contributed by atoms with Gasteiger partial charge in [0, 0.05) is 24.1 Å². The molecule has 3 rings (SSSR count). The summed E-state index contributed by atoms with van der Waals surface area (Å²) in [6, 6.07) is 10.6. The molecule has 1 aliphatic carbocycles. The molecule has 0 heterocycles. The van der Waals surface area contributed by atoms with Crippen molar-refractivity contribution < 1.29 is 17.9 Å². The topological polar surface area (TPSA) is 75.7 Å². The van der Waals surface area contributed by atoms with Gasteiger partial charge in [-0.05, 0) is 76.7 Å². The average Bonchev–Trinajstić information content (AvgIpc) is 3.13. The summed E-state index contributed by atoms with van der Waals surface area (Å²) in [5.41, 5.74) is 3.01. The standard InChI is InChI=1S/C20H23BrN2O4S/c1-23(2)28(25,26)19-13-16(7-9-18(19)21)20(24)22-10-11-27-17-8-6-14-4-3-5-15(14)12-17/h6-9,12-13H,3-5,10-11H2,1-2H3,(H,22,24). The first-order valence-electron chi connectivity index (χ1n) is 9.04. The second-order valence-corrected chi connectivity index (χ2v) is 9.80. The van der Waals surface area contributed by atoms with Crippen molar-refractivity contribution in [3.05, 3.63) is 57.6 Å². The van der Waals surface area contributed by atoms with E-state index in [2.05, 4.69) is 33.4 Å². The van der Waals surface area contributed by atoms with E-state index in [0.29, 0.717) is 17.6 Å². The van der Waals surface area contributed by atoms with Crippen LogP contribution in [0.2, 0.25) is 0 Å². The van der Waals surface area contributed by atoms with Gasteiger partial charge in [0.25, 0.3) is 5.91 Å². The summed E-state index contributed by atoms with van der Waals surface area (Å²) in [5.74, 6) is 0.457. The van der Waals surface area contributed by atoms with E-state index in [1.807, 2.05) is 6.07 Å². The summed E-state index contributed by atoms with van der Waals surface area (Å²) in [4.78, 5) is 12.4. The lowest BCUT2D eigenvalue weighted by atomic mass is 10.1. The summed E-state index contributed by atoms with van der Waals surface area (Å²) in [5, 5.41) is 2.76. The number of hydrogen-bond acceptors (Lipinski definition) is 4. The van der Waals surface area contributed by atoms with Gasteiger partial charge >= 0.3 is 0 Å². The van der Waals surface area contributed by atoms with Crippen molar-refractivity contribution in [2.45, 2.75) is 24.2 Å². The van der Waals surface area contributed by atoms with Gasteiger partial charge in [0.2, 0.25) is 10.0 Å². The third-order valence-electron chi connectivity index (χ3n) is 4.68. The molecule has 0 fully saturated rings. The van der Waals surface area contributed by atoms with E-state index in [0.717, 1.165) is 22.9 Å². The number of nitrogens with one attached hydrogen (secondary N) is 1. The molecule has 1 amide bonds. The van der Waals surface area contributed by atoms with Crippen molar-refractivity contribution in [3.8, 4) is 5.75 Å². The maximum Gasteiger partial charge on any atom is 0.251 e. The minimum absolute atomic E-state index is 0.0551. The number of halogens is 1. The number of nitrogens with zero attached hydrogens (tertiary/aromatic N) is 1. The van der Waals surface area contributed by atoms with E-state index in [-0.39, 0.29) is 16.4 Å². The maximum atomic E-state index is 12.4. The van der Waals surface area contributed by atoms with E-state index in [1.54, 1.807) is 12.1 Å². The van der Waals surface area contributed by atoms with Gasteiger partial charge in [-0.15, -0.1) is 0 Å². The number of carbonyl (C=O) groups is 1. The molecule has 0 bridgehead atoms. The summed E-state index contributed by atoms with van der Waals surface area (Å²) in [7, 11) is -0.750. The van der Waals surface area contributed by atoms with Gasteiger partial charge < -0.3 is 10.1 Å². The number of fused-ring (bicyclic) bond motifs is 1. The second kappa shape index (κ2) is 8.63. The van der Waals surface area contributed by atoms with E-state index in [4.69, 9.17) is 4.74 Å². The van der Waals surface area contributed by atoms with Crippen LogP contribution in [0.3, 0.4) is 0 Å². The second-order valence-electron chi connectivity index (χ2n) is 6.82. The first kappa shape index (κ1) is 20.8. The quantitative estimate of drug-likeness (QED) is 0.636. The molecule has 0 unspecified atom stereocenters. The Balaban J connectivity index is 1.58. The molecule has 6 nitrogen and oxygen atoms in total. The van der Waals surface area contributed by atoms with E-state index >= 15 is 0 Å². The predicted octanol–water partition coefficient (Wildman–Crippen LogP) is 3.00. The molecular weight excluding hydrogens is 444 g/mol. The van der Waals surface area contributed by atoms with Crippen LogP contribution in [0.4, 0.5) is 0 Å². The third kappa shape index (κ3) is 4.56. The van der Waals surface area contributed by atoms with Gasteiger partial charge in [-0.3, -0.25) is 4.79 Å². The van der Waals surface area contributed by atoms with Gasteiger partial charge in [-0.2, -0.15) is 0 Å². The summed E-state index contributed by atoms with van der Waals surface area (Å²) in [6.45, 7) is 0.658. The average molecular weight is 467 g/mol. The molecule has 0 radical (unpaired) electrons. The van der Waals surface area contributed by atoms with Crippen LogP contribution < -0.4 is 10.1 Å². The molecule has 0 aliphatic heterocycles. The number of amides is 1. The Bertz CT molecular complexity index is 990. The lowest BCUT2D eigenvalue weighted by Gasteiger charge is -2.14. The normalized spacial score (nSPS) is 13.4. The predicted molar refractivity (Wildman–Crippen MR) is 111 cm³/mol. The van der Waals surface area contributed by atoms with Crippen molar-refractivity contribution in [1.82, 2.24) is 9.62 Å². The first-order chi connectivity index (χ1) is 13.3. The highest BCUT2D eigenvalue weighted by Gasteiger charge is 2.22. The van der Waals surface area contributed by atoms with E-state index in [1.165, 1.54) is 37.7 Å². The van der Waals surface area contributed by atoms with Crippen LogP contribution in [0.5, 0.6) is 5.75 Å². The van der Waals surface area contributed by atoms with Crippen molar-refractivity contribution in [3.63, 3.8) is 0 Å². The lowest BCUT2D eigenvalue weighted by Crippen LogP contribution is -2.28. The molecule has 28 heavy (non-hydrogen) atoms. The van der Waals surface area contributed by atoms with Gasteiger partial charge in [0.1, 0.15) is 12.4 Å². The van der Waals surface area contributed by atoms with Crippen LogP contribution in [0.1, 0.15) is 27.9 Å². The Kier molecular flexibility index (Phi) is 6.42. The molecule has 8 heteroatoms. The van der Waals surface area contributed by atoms with Crippen LogP contribution in [0.15, 0.2) is 45.8 Å². The summed E-state index contributed by atoms with van der Waals surface area (Å²) < 4.78 is 32.0. The molecule has 0 saturated carbocycles. The number of ether oxygens (including phenoxy) is 1. The molecule has 0 spiro atoms. The molecule has 1 aliphatic rings. The fraction of sp³-hybridized carbons (Fsp3) is 0.350. The zero-order valence-corrected chi connectivity index (χ0v) is 18.3. The largest absolute Gasteiger partial charge is 0.492 e. The number of benzene rings is 2. The summed E-state index contributed by atoms with van der Waals surface area (Å²) >= 11 is 3.24. The van der Waals surface area contributed by atoms with Crippen LogP contribution in [-0.2, 0) is 22.9 Å². The van der Waals surface area contributed by atoms with Crippen molar-refractivity contribution >= 4 is 31.9 Å². The number of rotatable bonds is 7. The zero-order chi connectivity index (χ0) is 20.3. The fourth-order valence-corrected chi connectivity index (χ4v) is 4.96. The highest BCUT2D eigenvalue weighted by Crippen LogP contribution is 2.26. The Hall–Kier alpha value is -1.90. The molecule has 0 atom stereocenters. The van der Waals surface area contributed by atoms with Crippen molar-refractivity contribution in [2.24, 2.45) is 0 Å². The van der Waals surface area contributed by atoms with Crippen LogP contribution in [-0.4, -0.2) is 45.9 Å². The molecule has 0 aromatic heterocycles. The molecule has 0 saturated heterocycles. The number of aryl methyl sites for hydroxylation is 2. The smallest absolute Gasteiger partial charge is 0.251 e. The fourth-order valence-electron chi connectivity index (χ4n) is 3.11. The zero-order valence-electron chi connectivity index (χ0n) is 15.9. The molecular formula is C20H23BrN2O4S. The first-order valence-corrected chi connectivity index (χ1v) is 11.3. The number of hydrogen-bond donors (Lipinski definition) is 1. The highest BCUT2D eigenvalue weighted by molar-refractivity contribution is 9.10. The van der Waals surface area contributed by atoms with Crippen molar-refractivity contribution in [2.75, 3.05) is 27.2 Å². The van der Waals surface area contributed by atoms with Crippen LogP contribution >= 0.6 is 15.9 Å². The maximum absolute atomic E-state index is 12.4. The third-order valence-corrected chi connectivity index (χ3v) is 7.49. The number of sulfonamides is 1. The monoisotopic (exact) mass is 466 g/mol. The van der Waals surface area contributed by atoms with Crippen LogP contribution in [0, 0.1) is 0 Å². The highest BCUT2D eigenvalue weighted by atomic mass is 79.9. The Morgan fingerprint density at radius 3 is 2.64 bits per heavy atom. The Morgan fingerprint density at radius 2 is 1.89 bits per heavy atom. The van der Waals surface area contributed by atoms with Crippen molar-refractivity contribution in [1.29, 1.82) is 0 Å². The minimum Gasteiger partial charge on any atom is -0.492 e. The SMILES string of the molecule is CN(C)S(=O)(=O)c1cc(C(=O)NCCOc2ccc3c(c2)CCC3)ccc1Br. The van der Waals surface area contributed by atoms with Gasteiger partial charge in [0.15, 0.2) is 0 Å². The lowest BCUT2D eigenvalue weighted by molar-refractivity contribution is 0.0946. The molecule has 2 aromatic carbocycles. The van der Waals surface area contributed by atoms with E-state index in [9.17, 15) is 13.2 Å². The molecule has 150 valence electrons. The summed E-state index contributed by atoms with van der Waals surface area (Å²) in [6.07, 6.45) is 3.41. The Labute approximate surface area is 174 Å². The van der Waals surface area contributed by atoms with Crippen LogP contribution in [0.25, 0.3) is 0 Å². The van der Waals surface area contributed by atoms with Gasteiger partial charge in [0.05, 0.1) is 11.4 Å². The minimum atomic E-state index is -3.65. The van der Waals surface area contributed by atoms with E-state index < -0.39 is 10.0 Å². The molecule has 2 aromatic rings. The van der Waals surface area contributed by atoms with Gasteiger partial charge in [-0.25, -0.2) is 12.7 Å². The Morgan fingerprint density at radius 1 is 1.14 bits per heavy atom.